The third-order valence-electron chi connectivity index (χ3n) is 3.14. The maximum Gasteiger partial charge on any atom is 0.258 e. The van der Waals surface area contributed by atoms with Gasteiger partial charge in [0.05, 0.1) is 11.1 Å². The predicted molar refractivity (Wildman–Crippen MR) is 77.4 cm³/mol. The summed E-state index contributed by atoms with van der Waals surface area (Å²) in [7, 11) is 1.90. The van der Waals surface area contributed by atoms with E-state index in [4.69, 9.17) is 4.52 Å². The van der Waals surface area contributed by atoms with Crippen molar-refractivity contribution in [3.05, 3.63) is 41.9 Å². The molecule has 0 fully saturated rings. The Balaban J connectivity index is 2.07. The summed E-state index contributed by atoms with van der Waals surface area (Å²) >= 11 is 0. The summed E-state index contributed by atoms with van der Waals surface area (Å²) in [6, 6.07) is 9.96. The van der Waals surface area contributed by atoms with E-state index in [1.165, 1.54) is 0 Å². The van der Waals surface area contributed by atoms with Gasteiger partial charge in [0.25, 0.3) is 5.89 Å². The van der Waals surface area contributed by atoms with Crippen LogP contribution in [0, 0.1) is 6.92 Å². The lowest BCUT2D eigenvalue weighted by Gasteiger charge is -2.03. The molecule has 0 atom stereocenters. The molecule has 1 N–H and O–H groups in total. The molecule has 0 unspecified atom stereocenters. The van der Waals surface area contributed by atoms with Gasteiger partial charge in [-0.2, -0.15) is 4.98 Å². The van der Waals surface area contributed by atoms with Gasteiger partial charge in [-0.1, -0.05) is 23.4 Å². The van der Waals surface area contributed by atoms with Crippen molar-refractivity contribution in [2.75, 3.05) is 13.6 Å². The fraction of sp³-hybridized carbons (Fsp3) is 0.267. The monoisotopic (exact) mass is 268 g/mol. The van der Waals surface area contributed by atoms with E-state index in [9.17, 15) is 0 Å². The number of aromatic nitrogens is 3. The number of pyridine rings is 1. The molecule has 3 rings (SSSR count). The lowest BCUT2D eigenvalue weighted by atomic mass is 10.1. The van der Waals surface area contributed by atoms with Gasteiger partial charge in [-0.25, -0.2) is 0 Å². The number of fused-ring (bicyclic) bond motifs is 1. The van der Waals surface area contributed by atoms with Crippen molar-refractivity contribution in [3.8, 4) is 11.5 Å². The molecule has 0 aliphatic carbocycles. The molecule has 2 aromatic heterocycles. The molecule has 0 saturated carbocycles. The number of hydrogen-bond acceptors (Lipinski definition) is 5. The average molecular weight is 268 g/mol. The van der Waals surface area contributed by atoms with Crippen LogP contribution in [-0.4, -0.2) is 28.7 Å². The van der Waals surface area contributed by atoms with Crippen LogP contribution in [0.25, 0.3) is 22.4 Å². The summed E-state index contributed by atoms with van der Waals surface area (Å²) in [5.74, 6) is 1.27. The maximum atomic E-state index is 5.39. The van der Waals surface area contributed by atoms with Crippen molar-refractivity contribution in [2.24, 2.45) is 0 Å². The van der Waals surface area contributed by atoms with Gasteiger partial charge in [0.15, 0.2) is 5.82 Å². The fourth-order valence-electron chi connectivity index (χ4n) is 2.19. The van der Waals surface area contributed by atoms with Crippen LogP contribution in [0.3, 0.4) is 0 Å². The molecular formula is C15H16N4O. The number of hydrogen-bond donors (Lipinski definition) is 1. The number of nitrogens with one attached hydrogen (secondary N) is 1. The van der Waals surface area contributed by atoms with E-state index in [0.717, 1.165) is 35.1 Å². The van der Waals surface area contributed by atoms with Crippen LogP contribution in [0.4, 0.5) is 0 Å². The van der Waals surface area contributed by atoms with E-state index < -0.39 is 0 Å². The molecule has 0 spiro atoms. The van der Waals surface area contributed by atoms with Gasteiger partial charge in [-0.15, -0.1) is 0 Å². The first-order valence-electron chi connectivity index (χ1n) is 6.62. The summed E-state index contributed by atoms with van der Waals surface area (Å²) in [5.41, 5.74) is 2.82. The second-order valence-corrected chi connectivity index (χ2v) is 4.70. The minimum atomic E-state index is 0.554. The van der Waals surface area contributed by atoms with Crippen LogP contribution >= 0.6 is 0 Å². The highest BCUT2D eigenvalue weighted by atomic mass is 16.5. The van der Waals surface area contributed by atoms with E-state index in [-0.39, 0.29) is 0 Å². The zero-order chi connectivity index (χ0) is 13.9. The summed E-state index contributed by atoms with van der Waals surface area (Å²) in [6.07, 6.45) is 0.752. The van der Waals surface area contributed by atoms with Crippen LogP contribution in [0.1, 0.15) is 11.5 Å². The molecule has 0 aliphatic heterocycles. The maximum absolute atomic E-state index is 5.39. The van der Waals surface area contributed by atoms with Gasteiger partial charge in [0.1, 0.15) is 0 Å². The molecule has 0 radical (unpaired) electrons. The SMILES string of the molecule is CNCCc1noc(-c2cc(C)nc3ccccc23)n1. The first-order valence-corrected chi connectivity index (χ1v) is 6.62. The highest BCUT2D eigenvalue weighted by Crippen LogP contribution is 2.27. The zero-order valence-corrected chi connectivity index (χ0v) is 11.6. The largest absolute Gasteiger partial charge is 0.334 e. The number of benzene rings is 1. The summed E-state index contributed by atoms with van der Waals surface area (Å²) in [5, 5.41) is 8.12. The molecule has 2 heterocycles. The van der Waals surface area contributed by atoms with Gasteiger partial charge in [-0.3, -0.25) is 4.98 Å². The Labute approximate surface area is 117 Å². The number of rotatable bonds is 4. The second kappa shape index (κ2) is 5.38. The van der Waals surface area contributed by atoms with E-state index >= 15 is 0 Å². The quantitative estimate of drug-likeness (QED) is 0.787. The molecule has 0 amide bonds. The Morgan fingerprint density at radius 3 is 2.90 bits per heavy atom. The van der Waals surface area contributed by atoms with Crippen molar-refractivity contribution in [2.45, 2.75) is 13.3 Å². The van der Waals surface area contributed by atoms with Crippen molar-refractivity contribution in [3.63, 3.8) is 0 Å². The first-order chi connectivity index (χ1) is 9.78. The number of nitrogens with zero attached hydrogens (tertiary/aromatic N) is 3. The van der Waals surface area contributed by atoms with E-state index in [0.29, 0.717) is 11.7 Å². The Hall–Kier alpha value is -2.27. The van der Waals surface area contributed by atoms with Crippen molar-refractivity contribution in [1.29, 1.82) is 0 Å². The number of para-hydroxylation sites is 1. The molecule has 20 heavy (non-hydrogen) atoms. The normalized spacial score (nSPS) is 11.1. The van der Waals surface area contributed by atoms with Crippen LogP contribution < -0.4 is 5.32 Å². The molecule has 0 saturated heterocycles. The molecular weight excluding hydrogens is 252 g/mol. The number of aryl methyl sites for hydroxylation is 1. The Bertz CT molecular complexity index is 736. The Kier molecular flexibility index (Phi) is 3.43. The predicted octanol–water partition coefficient (Wildman–Crippen LogP) is 2.36. The molecule has 5 heteroatoms. The van der Waals surface area contributed by atoms with Crippen LogP contribution in [0.2, 0.25) is 0 Å². The molecule has 1 aromatic carbocycles. The van der Waals surface area contributed by atoms with Crippen LogP contribution in [-0.2, 0) is 6.42 Å². The standard InChI is InChI=1S/C15H16N4O/c1-10-9-12(11-5-3-4-6-13(11)17-10)15-18-14(19-20-15)7-8-16-2/h3-6,9,16H,7-8H2,1-2H3. The average Bonchev–Trinajstić information content (AvgIpc) is 2.93. The van der Waals surface area contributed by atoms with Gasteiger partial charge in [-0.05, 0) is 26.1 Å². The van der Waals surface area contributed by atoms with Crippen molar-refractivity contribution >= 4 is 10.9 Å². The van der Waals surface area contributed by atoms with Crippen LogP contribution in [0.15, 0.2) is 34.9 Å². The third kappa shape index (κ3) is 2.40. The van der Waals surface area contributed by atoms with Gasteiger partial charge >= 0.3 is 0 Å². The summed E-state index contributed by atoms with van der Waals surface area (Å²) in [6.45, 7) is 2.79. The van der Waals surface area contributed by atoms with Crippen molar-refractivity contribution < 1.29 is 4.52 Å². The Morgan fingerprint density at radius 2 is 2.05 bits per heavy atom. The topological polar surface area (TPSA) is 63.8 Å². The van der Waals surface area contributed by atoms with Gasteiger partial charge in [0.2, 0.25) is 0 Å². The fourth-order valence-corrected chi connectivity index (χ4v) is 2.19. The van der Waals surface area contributed by atoms with Crippen LogP contribution in [0.5, 0.6) is 0 Å². The van der Waals surface area contributed by atoms with E-state index in [2.05, 4.69) is 20.4 Å². The minimum absolute atomic E-state index is 0.554. The third-order valence-corrected chi connectivity index (χ3v) is 3.14. The Morgan fingerprint density at radius 1 is 1.20 bits per heavy atom. The molecule has 3 aromatic rings. The molecule has 0 bridgehead atoms. The van der Waals surface area contributed by atoms with Crippen molar-refractivity contribution in [1.82, 2.24) is 20.4 Å². The summed E-state index contributed by atoms with van der Waals surface area (Å²) in [4.78, 5) is 8.98. The first kappa shape index (κ1) is 12.7. The molecule has 0 aliphatic rings. The highest BCUT2D eigenvalue weighted by Gasteiger charge is 2.13. The highest BCUT2D eigenvalue weighted by molar-refractivity contribution is 5.92. The smallest absolute Gasteiger partial charge is 0.258 e. The molecule has 5 nitrogen and oxygen atoms in total. The lowest BCUT2D eigenvalue weighted by molar-refractivity contribution is 0.422. The minimum Gasteiger partial charge on any atom is -0.334 e. The van der Waals surface area contributed by atoms with E-state index in [1.54, 1.807) is 0 Å². The van der Waals surface area contributed by atoms with Gasteiger partial charge < -0.3 is 9.84 Å². The lowest BCUT2D eigenvalue weighted by Crippen LogP contribution is -2.11. The number of likely N-dealkylation sites (N-methyl/N-ethyl adjacent to an activating group) is 1. The van der Waals surface area contributed by atoms with Gasteiger partial charge in [0, 0.05) is 24.0 Å². The van der Waals surface area contributed by atoms with E-state index in [1.807, 2.05) is 44.3 Å². The zero-order valence-electron chi connectivity index (χ0n) is 11.6. The summed E-state index contributed by atoms with van der Waals surface area (Å²) < 4.78 is 5.39. The second-order valence-electron chi connectivity index (χ2n) is 4.70. The molecule has 102 valence electrons.